The first kappa shape index (κ1) is 34.5. The third-order valence-electron chi connectivity index (χ3n) is 10.9. The molecular weight excluding hydrogens is 709 g/mol. The average Bonchev–Trinajstić information content (AvgIpc) is 3.31. The van der Waals surface area contributed by atoms with Gasteiger partial charge in [-0.2, -0.15) is 0 Å². The predicted molar refractivity (Wildman–Crippen MR) is 232 cm³/mol. The molecule has 0 unspecified atom stereocenters. The van der Waals surface area contributed by atoms with Crippen LogP contribution in [0.2, 0.25) is 0 Å². The van der Waals surface area contributed by atoms with E-state index in [0.29, 0.717) is 23.2 Å². The molecule has 0 radical (unpaired) electrons. The van der Waals surface area contributed by atoms with Crippen molar-refractivity contribution in [2.75, 3.05) is 0 Å². The third kappa shape index (κ3) is 6.01. The molecule has 5 nitrogen and oxygen atoms in total. The summed E-state index contributed by atoms with van der Waals surface area (Å²) in [6.07, 6.45) is 0. The van der Waals surface area contributed by atoms with Gasteiger partial charge in [0, 0.05) is 27.8 Å². The number of benzene rings is 8. The van der Waals surface area contributed by atoms with Crippen molar-refractivity contribution in [1.29, 1.82) is 0 Å². The van der Waals surface area contributed by atoms with Crippen molar-refractivity contribution < 1.29 is 4.74 Å². The van der Waals surface area contributed by atoms with Crippen LogP contribution in [0.15, 0.2) is 206 Å². The second-order valence-corrected chi connectivity index (χ2v) is 14.2. The van der Waals surface area contributed by atoms with E-state index < -0.39 is 5.41 Å². The lowest BCUT2D eigenvalue weighted by Crippen LogP contribution is -2.34. The number of nitrogens with zero attached hydrogens (tertiary/aromatic N) is 4. The van der Waals surface area contributed by atoms with Crippen LogP contribution in [-0.4, -0.2) is 15.0 Å². The van der Waals surface area contributed by atoms with Crippen LogP contribution in [0.3, 0.4) is 0 Å². The minimum absolute atomic E-state index is 0.548. The molecule has 2 heterocycles. The van der Waals surface area contributed by atoms with Crippen LogP contribution in [0.1, 0.15) is 22.3 Å². The molecule has 0 atom stereocenters. The number of para-hydroxylation sites is 1. The van der Waals surface area contributed by atoms with Crippen molar-refractivity contribution in [3.05, 3.63) is 240 Å². The molecule has 9 aromatic rings. The summed E-state index contributed by atoms with van der Waals surface area (Å²) in [5.41, 5.74) is 10.9. The quantitative estimate of drug-likeness (QED) is 0.153. The Hall–Kier alpha value is -7.94. The summed E-state index contributed by atoms with van der Waals surface area (Å²) in [6.45, 7) is 7.41. The highest BCUT2D eigenvalue weighted by Crippen LogP contribution is 2.55. The standard InChI is InChI=1S/C53H34N4O/c1-54-43-31-28-36(29-32-43)38-18-15-19-39(34-38)50-55-51(57-52(56-50)45-25-12-11-24-44(45)37-16-5-2-6-17-37)40-30-33-49-47(35-40)53(41-20-7-3-8-21-41,42-22-9-4-10-23-42)46-26-13-14-27-48(46)58-49/h2-35H. The van der Waals surface area contributed by atoms with Crippen LogP contribution >= 0.6 is 0 Å². The lowest BCUT2D eigenvalue weighted by molar-refractivity contribution is 0.434. The van der Waals surface area contributed by atoms with Crippen molar-refractivity contribution in [3.8, 4) is 67.9 Å². The van der Waals surface area contributed by atoms with Gasteiger partial charge in [0.15, 0.2) is 23.2 Å². The summed E-state index contributed by atoms with van der Waals surface area (Å²) in [5.74, 6) is 3.27. The van der Waals surface area contributed by atoms with Crippen molar-refractivity contribution in [1.82, 2.24) is 15.0 Å². The predicted octanol–water partition coefficient (Wildman–Crippen LogP) is 13.2. The summed E-state index contributed by atoms with van der Waals surface area (Å²) >= 11 is 0. The Morgan fingerprint density at radius 2 is 0.897 bits per heavy atom. The second-order valence-electron chi connectivity index (χ2n) is 14.2. The van der Waals surface area contributed by atoms with E-state index in [4.69, 9.17) is 26.3 Å². The largest absolute Gasteiger partial charge is 0.457 e. The fraction of sp³-hybridized carbons (Fsp3) is 0.0189. The molecule has 1 aliphatic rings. The fourth-order valence-corrected chi connectivity index (χ4v) is 8.21. The summed E-state index contributed by atoms with van der Waals surface area (Å²) in [6, 6.07) is 70.4. The van der Waals surface area contributed by atoms with Crippen molar-refractivity contribution in [2.45, 2.75) is 5.41 Å². The van der Waals surface area contributed by atoms with Crippen molar-refractivity contribution in [2.24, 2.45) is 0 Å². The summed E-state index contributed by atoms with van der Waals surface area (Å²) in [7, 11) is 0. The maximum Gasteiger partial charge on any atom is 0.187 e. The SMILES string of the molecule is [C-]#[N+]c1ccc(-c2cccc(-c3nc(-c4ccc5c(c4)C(c4ccccc4)(c4ccccc4)c4ccccc4O5)nc(-c4ccccc4-c4ccccc4)n3)c2)cc1. The minimum Gasteiger partial charge on any atom is -0.457 e. The smallest absolute Gasteiger partial charge is 0.187 e. The fourth-order valence-electron chi connectivity index (χ4n) is 8.21. The number of ether oxygens (including phenoxy) is 1. The highest BCUT2D eigenvalue weighted by atomic mass is 16.5. The first-order valence-corrected chi connectivity index (χ1v) is 19.2. The van der Waals surface area contributed by atoms with Gasteiger partial charge in [-0.25, -0.2) is 19.8 Å². The van der Waals surface area contributed by atoms with Gasteiger partial charge in [0.25, 0.3) is 0 Å². The molecule has 8 aromatic carbocycles. The molecular formula is C53H34N4O. The number of rotatable bonds is 7. The van der Waals surface area contributed by atoms with Crippen LogP contribution in [0.25, 0.3) is 61.3 Å². The van der Waals surface area contributed by atoms with E-state index in [-0.39, 0.29) is 0 Å². The van der Waals surface area contributed by atoms with Crippen LogP contribution in [-0.2, 0) is 5.41 Å². The summed E-state index contributed by atoms with van der Waals surface area (Å²) in [5, 5.41) is 0. The highest BCUT2D eigenvalue weighted by molar-refractivity contribution is 5.82. The number of hydrogen-bond acceptors (Lipinski definition) is 4. The minimum atomic E-state index is -0.696. The molecule has 58 heavy (non-hydrogen) atoms. The van der Waals surface area contributed by atoms with Gasteiger partial charge in [0.1, 0.15) is 11.5 Å². The van der Waals surface area contributed by atoms with Crippen LogP contribution in [0.5, 0.6) is 11.5 Å². The molecule has 0 bridgehead atoms. The Morgan fingerprint density at radius 3 is 1.59 bits per heavy atom. The van der Waals surface area contributed by atoms with Crippen LogP contribution in [0, 0.1) is 6.57 Å². The molecule has 0 saturated heterocycles. The molecule has 0 amide bonds. The first-order valence-electron chi connectivity index (χ1n) is 19.2. The number of aromatic nitrogens is 3. The van der Waals surface area contributed by atoms with E-state index in [1.165, 1.54) is 0 Å². The maximum atomic E-state index is 7.41. The van der Waals surface area contributed by atoms with Crippen LogP contribution in [0.4, 0.5) is 5.69 Å². The molecule has 1 aliphatic heterocycles. The lowest BCUT2D eigenvalue weighted by atomic mass is 9.63. The Bertz CT molecular complexity index is 2940. The van der Waals surface area contributed by atoms with Gasteiger partial charge in [-0.3, -0.25) is 0 Å². The van der Waals surface area contributed by atoms with Gasteiger partial charge in [0.2, 0.25) is 0 Å². The molecule has 10 rings (SSSR count). The lowest BCUT2D eigenvalue weighted by Gasteiger charge is -2.41. The van der Waals surface area contributed by atoms with Crippen molar-refractivity contribution in [3.63, 3.8) is 0 Å². The van der Waals surface area contributed by atoms with E-state index in [0.717, 1.165) is 72.7 Å². The molecule has 0 N–H and O–H groups in total. The van der Waals surface area contributed by atoms with E-state index in [9.17, 15) is 0 Å². The molecule has 0 fully saturated rings. The van der Waals surface area contributed by atoms with Gasteiger partial charge in [-0.1, -0.05) is 176 Å². The van der Waals surface area contributed by atoms with E-state index >= 15 is 0 Å². The number of hydrogen-bond donors (Lipinski definition) is 0. The van der Waals surface area contributed by atoms with Gasteiger partial charge >= 0.3 is 0 Å². The van der Waals surface area contributed by atoms with Crippen LogP contribution < -0.4 is 4.74 Å². The zero-order chi connectivity index (χ0) is 38.9. The first-order chi connectivity index (χ1) is 28.7. The molecule has 0 aliphatic carbocycles. The second kappa shape index (κ2) is 14.6. The summed E-state index contributed by atoms with van der Waals surface area (Å²) < 4.78 is 6.72. The maximum absolute atomic E-state index is 7.41. The van der Waals surface area contributed by atoms with E-state index in [2.05, 4.69) is 138 Å². The van der Waals surface area contributed by atoms with Gasteiger partial charge in [0.05, 0.1) is 12.0 Å². The monoisotopic (exact) mass is 742 g/mol. The Morgan fingerprint density at radius 1 is 0.379 bits per heavy atom. The normalized spacial score (nSPS) is 12.4. The van der Waals surface area contributed by atoms with Gasteiger partial charge in [-0.15, -0.1) is 0 Å². The third-order valence-corrected chi connectivity index (χ3v) is 10.9. The zero-order valence-electron chi connectivity index (χ0n) is 31.3. The molecule has 1 aromatic heterocycles. The average molecular weight is 743 g/mol. The molecule has 272 valence electrons. The van der Waals surface area contributed by atoms with Gasteiger partial charge in [-0.05, 0) is 63.7 Å². The van der Waals surface area contributed by atoms with Crippen molar-refractivity contribution >= 4 is 5.69 Å². The zero-order valence-corrected chi connectivity index (χ0v) is 31.3. The van der Waals surface area contributed by atoms with Gasteiger partial charge < -0.3 is 4.74 Å². The van der Waals surface area contributed by atoms with E-state index in [1.807, 2.05) is 72.8 Å². The Kier molecular flexibility index (Phi) is 8.70. The molecule has 0 saturated carbocycles. The summed E-state index contributed by atoms with van der Waals surface area (Å²) in [4.78, 5) is 19.3. The molecule has 0 spiro atoms. The highest BCUT2D eigenvalue weighted by Gasteiger charge is 2.45. The number of fused-ring (bicyclic) bond motifs is 2. The topological polar surface area (TPSA) is 52.3 Å². The Balaban J connectivity index is 1.21. The van der Waals surface area contributed by atoms with E-state index in [1.54, 1.807) is 0 Å². The molecule has 5 heteroatoms. The Labute approximate surface area is 337 Å².